The van der Waals surface area contributed by atoms with Crippen molar-refractivity contribution >= 4 is 12.1 Å². The van der Waals surface area contributed by atoms with Gasteiger partial charge in [0.2, 0.25) is 0 Å². The number of alkyl carbamates (subject to hydrolysis) is 1. The first-order valence-electron chi connectivity index (χ1n) is 6.03. The van der Waals surface area contributed by atoms with Crippen molar-refractivity contribution in [1.29, 1.82) is 0 Å². The zero-order chi connectivity index (χ0) is 14.3. The van der Waals surface area contributed by atoms with E-state index in [1.807, 2.05) is 30.3 Å². The van der Waals surface area contributed by atoms with E-state index < -0.39 is 17.7 Å². The van der Waals surface area contributed by atoms with E-state index in [4.69, 9.17) is 9.47 Å². The predicted molar refractivity (Wildman–Crippen MR) is 70.5 cm³/mol. The first kappa shape index (κ1) is 15.0. The van der Waals surface area contributed by atoms with Crippen LogP contribution >= 0.6 is 0 Å². The van der Waals surface area contributed by atoms with Gasteiger partial charge in [0.15, 0.2) is 0 Å². The van der Waals surface area contributed by atoms with Crippen LogP contribution in [0.4, 0.5) is 4.79 Å². The maximum absolute atomic E-state index is 11.4. The van der Waals surface area contributed by atoms with E-state index in [2.05, 4.69) is 5.32 Å². The molecule has 0 radical (unpaired) electrons. The summed E-state index contributed by atoms with van der Waals surface area (Å²) < 4.78 is 9.99. The molecule has 0 bridgehead atoms. The minimum absolute atomic E-state index is 0.190. The van der Waals surface area contributed by atoms with E-state index in [-0.39, 0.29) is 13.2 Å². The van der Waals surface area contributed by atoms with Crippen LogP contribution in [-0.4, -0.2) is 24.2 Å². The van der Waals surface area contributed by atoms with Gasteiger partial charge in [0.05, 0.1) is 0 Å². The lowest BCUT2D eigenvalue weighted by molar-refractivity contribution is -0.143. The Bertz CT molecular complexity index is 423. The molecule has 0 spiro atoms. The molecule has 0 heterocycles. The summed E-state index contributed by atoms with van der Waals surface area (Å²) in [6, 6.07) is 9.32. The molecule has 104 valence electrons. The summed E-state index contributed by atoms with van der Waals surface area (Å²) in [5, 5.41) is 2.34. The van der Waals surface area contributed by atoms with Crippen LogP contribution in [0, 0.1) is 0 Å². The van der Waals surface area contributed by atoms with Crippen LogP contribution in [0.1, 0.15) is 26.3 Å². The van der Waals surface area contributed by atoms with E-state index in [1.165, 1.54) is 0 Å². The number of hydrogen-bond donors (Lipinski definition) is 1. The molecule has 1 rings (SSSR count). The van der Waals surface area contributed by atoms with Crippen molar-refractivity contribution in [3.63, 3.8) is 0 Å². The number of hydrogen-bond acceptors (Lipinski definition) is 4. The van der Waals surface area contributed by atoms with Crippen molar-refractivity contribution in [3.8, 4) is 0 Å². The fraction of sp³-hybridized carbons (Fsp3) is 0.429. The predicted octanol–water partition coefficient (Wildman–Crippen LogP) is 2.25. The van der Waals surface area contributed by atoms with Crippen LogP contribution in [0.3, 0.4) is 0 Å². The van der Waals surface area contributed by atoms with Gasteiger partial charge in [-0.05, 0) is 26.3 Å². The molecule has 0 atom stereocenters. The summed E-state index contributed by atoms with van der Waals surface area (Å²) in [6.07, 6.45) is -0.635. The second-order valence-electron chi connectivity index (χ2n) is 5.00. The highest BCUT2D eigenvalue weighted by Gasteiger charge is 2.16. The summed E-state index contributed by atoms with van der Waals surface area (Å²) in [5.74, 6) is -0.505. The van der Waals surface area contributed by atoms with Crippen LogP contribution in [-0.2, 0) is 20.9 Å². The topological polar surface area (TPSA) is 64.6 Å². The standard InChI is InChI=1S/C14H19NO4/c1-14(2,3)19-13(17)15-9-12(16)18-10-11-7-5-4-6-8-11/h4-8H,9-10H2,1-3H3,(H,15,17)/i15+1. The summed E-state index contributed by atoms with van der Waals surface area (Å²) in [5.41, 5.74) is 0.311. The van der Waals surface area contributed by atoms with Crippen molar-refractivity contribution < 1.29 is 19.1 Å². The smallest absolute Gasteiger partial charge is 0.408 e. The Kier molecular flexibility index (Phi) is 5.36. The van der Waals surface area contributed by atoms with E-state index in [1.54, 1.807) is 20.8 Å². The highest BCUT2D eigenvalue weighted by molar-refractivity contribution is 5.77. The number of ether oxygens (including phenoxy) is 2. The van der Waals surface area contributed by atoms with Crippen molar-refractivity contribution in [2.75, 3.05) is 6.54 Å². The number of esters is 1. The number of carbonyl (C=O) groups excluding carboxylic acids is 2. The molecule has 0 fully saturated rings. The molecule has 5 heteroatoms. The number of rotatable bonds is 4. The van der Waals surface area contributed by atoms with Gasteiger partial charge in [0.1, 0.15) is 18.8 Å². The summed E-state index contributed by atoms with van der Waals surface area (Å²) in [4.78, 5) is 22.7. The molecule has 0 aliphatic rings. The van der Waals surface area contributed by atoms with Gasteiger partial charge >= 0.3 is 12.1 Å². The third-order valence-electron chi connectivity index (χ3n) is 2.02. The third-order valence-corrected chi connectivity index (χ3v) is 2.02. The number of benzene rings is 1. The molecular weight excluding hydrogens is 247 g/mol. The lowest BCUT2D eigenvalue weighted by atomic mass is 10.2. The van der Waals surface area contributed by atoms with Crippen molar-refractivity contribution in [1.82, 2.24) is 5.32 Å². The molecule has 1 amide bonds. The number of nitrogens with one attached hydrogen (secondary N) is 1. The minimum atomic E-state index is -0.635. The molecule has 0 unspecified atom stereocenters. The highest BCUT2D eigenvalue weighted by Crippen LogP contribution is 2.06. The van der Waals surface area contributed by atoms with Crippen molar-refractivity contribution in [3.05, 3.63) is 35.9 Å². The lowest BCUT2D eigenvalue weighted by Crippen LogP contribution is -2.36. The normalized spacial score (nSPS) is 10.7. The first-order valence-corrected chi connectivity index (χ1v) is 6.03. The Morgan fingerprint density at radius 3 is 2.37 bits per heavy atom. The summed E-state index contributed by atoms with van der Waals surface area (Å²) in [7, 11) is 0. The molecule has 0 aliphatic heterocycles. The van der Waals surface area contributed by atoms with Crippen LogP contribution < -0.4 is 5.32 Å². The van der Waals surface area contributed by atoms with Gasteiger partial charge in [-0.3, -0.25) is 4.79 Å². The molecule has 19 heavy (non-hydrogen) atoms. The highest BCUT2D eigenvalue weighted by atomic mass is 16.6. The lowest BCUT2D eigenvalue weighted by Gasteiger charge is -2.19. The Labute approximate surface area is 112 Å². The van der Waals surface area contributed by atoms with E-state index in [0.29, 0.717) is 0 Å². The van der Waals surface area contributed by atoms with E-state index in [9.17, 15) is 9.59 Å². The molecule has 5 nitrogen and oxygen atoms in total. The van der Waals surface area contributed by atoms with Crippen LogP contribution in [0.15, 0.2) is 30.3 Å². The Morgan fingerprint density at radius 2 is 1.79 bits per heavy atom. The van der Waals surface area contributed by atoms with Crippen LogP contribution in [0.2, 0.25) is 0 Å². The molecule has 1 N–H and O–H groups in total. The van der Waals surface area contributed by atoms with Gasteiger partial charge in [-0.25, -0.2) is 4.79 Å². The monoisotopic (exact) mass is 266 g/mol. The SMILES string of the molecule is CC(C)(C)OC(=O)[15NH]CC(=O)OCc1ccccc1. The van der Waals surface area contributed by atoms with Crippen LogP contribution in [0.5, 0.6) is 0 Å². The van der Waals surface area contributed by atoms with Gasteiger partial charge in [-0.2, -0.15) is 0 Å². The zero-order valence-corrected chi connectivity index (χ0v) is 11.4. The molecule has 0 aliphatic carbocycles. The van der Waals surface area contributed by atoms with E-state index >= 15 is 0 Å². The first-order chi connectivity index (χ1) is 8.87. The second-order valence-corrected chi connectivity index (χ2v) is 5.00. The summed E-state index contributed by atoms with van der Waals surface area (Å²) >= 11 is 0. The maximum atomic E-state index is 11.4. The molecule has 0 saturated heterocycles. The fourth-order valence-corrected chi connectivity index (χ4v) is 1.25. The molecule has 1 aromatic rings. The molecular formula is C14H19NO4. The maximum Gasteiger partial charge on any atom is 0.408 e. The summed E-state index contributed by atoms with van der Waals surface area (Å²) in [6.45, 7) is 5.23. The van der Waals surface area contributed by atoms with Gasteiger partial charge in [0.25, 0.3) is 0 Å². The zero-order valence-electron chi connectivity index (χ0n) is 11.4. The largest absolute Gasteiger partial charge is 0.460 e. The third kappa shape index (κ3) is 7.08. The fourth-order valence-electron chi connectivity index (χ4n) is 1.25. The second kappa shape index (κ2) is 6.78. The van der Waals surface area contributed by atoms with Crippen LogP contribution in [0.25, 0.3) is 0 Å². The molecule has 1 aromatic carbocycles. The van der Waals surface area contributed by atoms with Crippen molar-refractivity contribution in [2.24, 2.45) is 0 Å². The average Bonchev–Trinajstić information content (AvgIpc) is 2.33. The van der Waals surface area contributed by atoms with Gasteiger partial charge in [0, 0.05) is 0 Å². The van der Waals surface area contributed by atoms with Gasteiger partial charge < -0.3 is 14.8 Å². The minimum Gasteiger partial charge on any atom is -0.460 e. The van der Waals surface area contributed by atoms with Gasteiger partial charge in [-0.15, -0.1) is 0 Å². The Hall–Kier alpha value is -2.04. The van der Waals surface area contributed by atoms with Gasteiger partial charge in [-0.1, -0.05) is 30.3 Å². The molecule has 0 aromatic heterocycles. The van der Waals surface area contributed by atoms with Crippen molar-refractivity contribution in [2.45, 2.75) is 33.0 Å². The Morgan fingerprint density at radius 1 is 1.16 bits per heavy atom. The average molecular weight is 266 g/mol. The Balaban J connectivity index is 2.23. The number of amides is 1. The number of carbonyl (C=O) groups is 2. The quantitative estimate of drug-likeness (QED) is 0.670. The molecule has 0 saturated carbocycles. The van der Waals surface area contributed by atoms with E-state index in [0.717, 1.165) is 5.56 Å².